The molecule has 3 aromatic carbocycles. The van der Waals surface area contributed by atoms with Crippen LogP contribution in [0.2, 0.25) is 10.0 Å². The highest BCUT2D eigenvalue weighted by Gasteiger charge is 2.45. The molecule has 5 rings (SSSR count). The fourth-order valence-electron chi connectivity index (χ4n) is 5.89. The Labute approximate surface area is 264 Å². The van der Waals surface area contributed by atoms with E-state index in [-0.39, 0.29) is 11.2 Å². The normalized spacial score (nSPS) is 18.4. The van der Waals surface area contributed by atoms with Crippen molar-refractivity contribution in [3.05, 3.63) is 114 Å². The van der Waals surface area contributed by atoms with Gasteiger partial charge in [0.25, 0.3) is 0 Å². The van der Waals surface area contributed by atoms with E-state index in [0.29, 0.717) is 45.6 Å². The number of aryl methyl sites for hydroxylation is 1. The summed E-state index contributed by atoms with van der Waals surface area (Å²) in [6, 6.07) is 19.9. The first-order chi connectivity index (χ1) is 19.4. The van der Waals surface area contributed by atoms with E-state index in [0.717, 1.165) is 43.0 Å². The first-order valence-electron chi connectivity index (χ1n) is 13.3. The van der Waals surface area contributed by atoms with Gasteiger partial charge in [0.05, 0.1) is 22.6 Å². The molecule has 1 aliphatic heterocycles. The highest BCUT2D eigenvalue weighted by atomic mass is 79.9. The van der Waals surface area contributed by atoms with Crippen LogP contribution < -0.4 is 10.6 Å². The number of hydrogen-bond donors (Lipinski definition) is 1. The van der Waals surface area contributed by atoms with Crippen LogP contribution in [-0.4, -0.2) is 5.78 Å². The minimum absolute atomic E-state index is 0.0593. The molecule has 0 saturated carbocycles. The Balaban J connectivity index is 1.67. The summed E-state index contributed by atoms with van der Waals surface area (Å²) in [7, 11) is 0. The number of halogens is 3. The zero-order valence-electron chi connectivity index (χ0n) is 23.3. The number of nitriles is 1. The number of nitrogens with two attached hydrogens (primary N) is 1. The van der Waals surface area contributed by atoms with E-state index in [4.69, 9.17) is 28.9 Å². The Morgan fingerprint density at radius 1 is 1.12 bits per heavy atom. The Kier molecular flexibility index (Phi) is 8.38. The largest absolute Gasteiger partial charge is 0.384 e. The number of nitrogens with zero attached hydrogens (tertiary/aromatic N) is 2. The maximum atomic E-state index is 14.0. The molecule has 0 spiro atoms. The fourth-order valence-corrected chi connectivity index (χ4v) is 7.82. The summed E-state index contributed by atoms with van der Waals surface area (Å²) >= 11 is 17.9. The number of thioether (sulfide) groups is 1. The second-order valence-electron chi connectivity index (χ2n) is 11.5. The number of benzene rings is 3. The van der Waals surface area contributed by atoms with Crippen molar-refractivity contribution in [3.8, 4) is 6.07 Å². The molecule has 210 valence electrons. The molecule has 8 heteroatoms. The highest BCUT2D eigenvalue weighted by molar-refractivity contribution is 9.10. The van der Waals surface area contributed by atoms with Gasteiger partial charge in [0, 0.05) is 43.5 Å². The number of Topliss-reactive ketones (excluding diaryl/α,β-unsaturated/α-hetero) is 1. The minimum atomic E-state index is -0.541. The Morgan fingerprint density at radius 3 is 2.59 bits per heavy atom. The van der Waals surface area contributed by atoms with Gasteiger partial charge < -0.3 is 5.73 Å². The lowest BCUT2D eigenvalue weighted by molar-refractivity contribution is -0.118. The third kappa shape index (κ3) is 5.83. The first-order valence-corrected chi connectivity index (χ1v) is 15.8. The maximum absolute atomic E-state index is 14.0. The third-order valence-corrected chi connectivity index (χ3v) is 10.0. The molecule has 0 amide bonds. The lowest BCUT2D eigenvalue weighted by Crippen LogP contribution is -2.42. The maximum Gasteiger partial charge on any atom is 0.162 e. The van der Waals surface area contributed by atoms with Gasteiger partial charge in [0.15, 0.2) is 5.78 Å². The Hall–Kier alpha value is -2.69. The summed E-state index contributed by atoms with van der Waals surface area (Å²) in [6.45, 7) is 8.32. The summed E-state index contributed by atoms with van der Waals surface area (Å²) in [5.74, 6) is 0.539. The predicted octanol–water partition coefficient (Wildman–Crippen LogP) is 9.61. The molecular formula is C33H30BrCl2N3OS. The Morgan fingerprint density at radius 2 is 1.88 bits per heavy atom. The molecule has 0 aromatic heterocycles. The van der Waals surface area contributed by atoms with Gasteiger partial charge in [-0.25, -0.2) is 0 Å². The minimum Gasteiger partial charge on any atom is -0.384 e. The van der Waals surface area contributed by atoms with Crippen LogP contribution in [0.1, 0.15) is 54.9 Å². The molecular weight excluding hydrogens is 637 g/mol. The molecule has 1 heterocycles. The monoisotopic (exact) mass is 665 g/mol. The predicted molar refractivity (Wildman–Crippen MR) is 173 cm³/mol. The van der Waals surface area contributed by atoms with Gasteiger partial charge in [0.1, 0.15) is 5.82 Å². The summed E-state index contributed by atoms with van der Waals surface area (Å²) in [5, 5.41) is 11.8. The lowest BCUT2D eigenvalue weighted by Gasteiger charge is -2.44. The summed E-state index contributed by atoms with van der Waals surface area (Å²) in [5.41, 5.74) is 13.5. The van der Waals surface area contributed by atoms with Gasteiger partial charge >= 0.3 is 0 Å². The van der Waals surface area contributed by atoms with E-state index in [1.165, 1.54) is 0 Å². The summed E-state index contributed by atoms with van der Waals surface area (Å²) < 4.78 is 0.892. The summed E-state index contributed by atoms with van der Waals surface area (Å²) in [6.07, 6.45) is 1.07. The van der Waals surface area contributed by atoms with E-state index >= 15 is 0 Å². The van der Waals surface area contributed by atoms with E-state index in [2.05, 4.69) is 54.9 Å². The second-order valence-corrected chi connectivity index (χ2v) is 14.2. The van der Waals surface area contributed by atoms with E-state index in [9.17, 15) is 10.1 Å². The molecule has 41 heavy (non-hydrogen) atoms. The molecule has 1 unspecified atom stereocenters. The molecule has 1 aliphatic carbocycles. The van der Waals surface area contributed by atoms with Crippen molar-refractivity contribution >= 4 is 62.4 Å². The van der Waals surface area contributed by atoms with Gasteiger partial charge in [0.2, 0.25) is 0 Å². The van der Waals surface area contributed by atoms with Gasteiger partial charge in [-0.2, -0.15) is 5.26 Å². The number of rotatable bonds is 5. The van der Waals surface area contributed by atoms with E-state index < -0.39 is 5.92 Å². The van der Waals surface area contributed by atoms with Crippen molar-refractivity contribution in [3.63, 3.8) is 0 Å². The van der Waals surface area contributed by atoms with E-state index in [1.807, 2.05) is 42.2 Å². The van der Waals surface area contributed by atoms with Crippen molar-refractivity contribution in [1.82, 2.24) is 0 Å². The molecule has 0 saturated heterocycles. The number of hydrogen-bond acceptors (Lipinski definition) is 5. The van der Waals surface area contributed by atoms with E-state index in [1.54, 1.807) is 23.9 Å². The zero-order chi connectivity index (χ0) is 29.6. The van der Waals surface area contributed by atoms with Crippen LogP contribution >= 0.6 is 50.9 Å². The van der Waals surface area contributed by atoms with Crippen LogP contribution in [0.3, 0.4) is 0 Å². The van der Waals surface area contributed by atoms with Gasteiger partial charge in [-0.05, 0) is 78.8 Å². The smallest absolute Gasteiger partial charge is 0.162 e. The van der Waals surface area contributed by atoms with Crippen molar-refractivity contribution in [1.29, 1.82) is 5.26 Å². The van der Waals surface area contributed by atoms with Crippen LogP contribution in [0, 0.1) is 30.6 Å². The molecule has 3 aromatic rings. The number of anilines is 1. The molecule has 4 nitrogen and oxygen atoms in total. The van der Waals surface area contributed by atoms with Crippen LogP contribution in [0.15, 0.2) is 86.6 Å². The van der Waals surface area contributed by atoms with Gasteiger partial charge in [-0.1, -0.05) is 76.7 Å². The van der Waals surface area contributed by atoms with Crippen molar-refractivity contribution in [2.24, 2.45) is 11.1 Å². The van der Waals surface area contributed by atoms with Crippen LogP contribution in [-0.2, 0) is 10.5 Å². The van der Waals surface area contributed by atoms with Crippen LogP contribution in [0.5, 0.6) is 0 Å². The molecule has 2 aliphatic rings. The fraction of sp³-hybridized carbons (Fsp3) is 0.273. The van der Waals surface area contributed by atoms with Crippen molar-refractivity contribution < 1.29 is 4.79 Å². The van der Waals surface area contributed by atoms with Crippen LogP contribution in [0.4, 0.5) is 5.69 Å². The number of ketones is 1. The quantitative estimate of drug-likeness (QED) is 0.275. The zero-order valence-corrected chi connectivity index (χ0v) is 27.2. The average Bonchev–Trinajstić information content (AvgIpc) is 2.89. The average molecular weight is 668 g/mol. The highest BCUT2D eigenvalue weighted by Crippen LogP contribution is 2.51. The number of carbonyl (C=O) groups excluding carboxylic acids is 1. The standard InChI is InChI=1S/C33H30BrCl2N3OS/c1-18-10-20(17-41-29-13-22(35)8-9-26(29)36)19(2)24(11-18)30-25(16-37)32(38)39(23-7-5-6-21(34)12-23)27-14-33(3,4)15-28(40)31(27)30/h5-13,30H,14-15,17,38H2,1-4H3. The molecule has 2 N–H and O–H groups in total. The second kappa shape index (κ2) is 11.5. The first kappa shape index (κ1) is 29.8. The Bertz CT molecular complexity index is 1690. The molecule has 0 bridgehead atoms. The number of carbonyl (C=O) groups is 1. The van der Waals surface area contributed by atoms with Crippen molar-refractivity contribution in [2.75, 3.05) is 4.90 Å². The summed E-state index contributed by atoms with van der Waals surface area (Å²) in [4.78, 5) is 16.8. The molecule has 1 atom stereocenters. The lowest BCUT2D eigenvalue weighted by atomic mass is 9.68. The number of allylic oxidation sites excluding steroid dienone is 3. The van der Waals surface area contributed by atoms with Crippen molar-refractivity contribution in [2.45, 2.75) is 57.1 Å². The van der Waals surface area contributed by atoms with Gasteiger partial charge in [-0.15, -0.1) is 11.8 Å². The van der Waals surface area contributed by atoms with Gasteiger partial charge in [-0.3, -0.25) is 9.69 Å². The SMILES string of the molecule is Cc1cc(CSc2cc(Cl)ccc2Cl)c(C)c(C2C(C#N)=C(N)N(c3cccc(Br)c3)C3=C2C(=O)CC(C)(C)C3)c1. The molecule has 0 radical (unpaired) electrons. The topological polar surface area (TPSA) is 70.1 Å². The third-order valence-electron chi connectivity index (χ3n) is 7.73. The van der Waals surface area contributed by atoms with Crippen LogP contribution in [0.25, 0.3) is 0 Å². The molecule has 0 fully saturated rings.